The zero-order valence-electron chi connectivity index (χ0n) is 13.5. The maximum absolute atomic E-state index is 12.0. The number of non-ortho nitro benzene ring substituents is 1. The summed E-state index contributed by atoms with van der Waals surface area (Å²) < 4.78 is 3.56. The number of aryl methyl sites for hydroxylation is 1. The van der Waals surface area contributed by atoms with E-state index in [1.807, 2.05) is 24.3 Å². The summed E-state index contributed by atoms with van der Waals surface area (Å²) in [5.41, 5.74) is 2.37. The Bertz CT molecular complexity index is 1160. The van der Waals surface area contributed by atoms with E-state index in [0.717, 1.165) is 32.2 Å². The van der Waals surface area contributed by atoms with Crippen molar-refractivity contribution in [3.63, 3.8) is 0 Å². The number of aromatic nitrogens is 3. The third kappa shape index (κ3) is 3.23. The van der Waals surface area contributed by atoms with Gasteiger partial charge in [0.25, 0.3) is 5.69 Å². The van der Waals surface area contributed by atoms with E-state index in [4.69, 9.17) is 0 Å². The molecule has 0 saturated carbocycles. The highest BCUT2D eigenvalue weighted by Gasteiger charge is 2.11. The highest BCUT2D eigenvalue weighted by atomic mass is 32.2. The SMILES string of the molecule is O=c1[nH]c2ccccc2n1CCCSc1nc2cc([N+](=O)[O-])ccc2s1. The quantitative estimate of drug-likeness (QED) is 0.234. The molecular weight excluding hydrogens is 372 g/mol. The van der Waals surface area contributed by atoms with Crippen LogP contribution in [0.2, 0.25) is 0 Å². The van der Waals surface area contributed by atoms with E-state index in [1.54, 1.807) is 22.4 Å². The molecule has 7 nitrogen and oxygen atoms in total. The van der Waals surface area contributed by atoms with Gasteiger partial charge in [-0.2, -0.15) is 0 Å². The topological polar surface area (TPSA) is 93.8 Å². The minimum atomic E-state index is -0.412. The van der Waals surface area contributed by atoms with E-state index < -0.39 is 4.92 Å². The number of thiazole rings is 1. The molecule has 9 heteroatoms. The standard InChI is InChI=1S/C17H14N4O3S2/c22-16-18-12-4-1-2-5-14(12)20(16)8-3-9-25-17-19-13-10-11(21(23)24)6-7-15(13)26-17/h1-2,4-7,10H,3,8-9H2,(H,18,22). The van der Waals surface area contributed by atoms with E-state index in [9.17, 15) is 14.9 Å². The summed E-state index contributed by atoms with van der Waals surface area (Å²) in [6.07, 6.45) is 0.822. The number of thioether (sulfide) groups is 1. The smallest absolute Gasteiger partial charge is 0.306 e. The number of para-hydroxylation sites is 2. The number of nitro benzene ring substituents is 1. The first-order valence-corrected chi connectivity index (χ1v) is 9.77. The average Bonchev–Trinajstić information content (AvgIpc) is 3.18. The van der Waals surface area contributed by atoms with E-state index >= 15 is 0 Å². The van der Waals surface area contributed by atoms with Crippen molar-refractivity contribution in [2.24, 2.45) is 0 Å². The molecule has 0 unspecified atom stereocenters. The molecule has 132 valence electrons. The molecule has 4 aromatic rings. The number of hydrogen-bond donors (Lipinski definition) is 1. The van der Waals surface area contributed by atoms with Crippen LogP contribution in [-0.4, -0.2) is 25.2 Å². The van der Waals surface area contributed by atoms with Crippen molar-refractivity contribution in [3.05, 3.63) is 63.1 Å². The molecule has 2 aromatic heterocycles. The van der Waals surface area contributed by atoms with Crippen LogP contribution in [0, 0.1) is 10.1 Å². The largest absolute Gasteiger partial charge is 0.326 e. The van der Waals surface area contributed by atoms with E-state index in [2.05, 4.69) is 9.97 Å². The van der Waals surface area contributed by atoms with E-state index in [0.29, 0.717) is 12.1 Å². The second kappa shape index (κ2) is 6.93. The lowest BCUT2D eigenvalue weighted by molar-refractivity contribution is -0.384. The van der Waals surface area contributed by atoms with Crippen LogP contribution in [0.3, 0.4) is 0 Å². The van der Waals surface area contributed by atoms with Crippen LogP contribution >= 0.6 is 23.1 Å². The van der Waals surface area contributed by atoms with Gasteiger partial charge in [0.1, 0.15) is 0 Å². The summed E-state index contributed by atoms with van der Waals surface area (Å²) >= 11 is 3.13. The summed E-state index contributed by atoms with van der Waals surface area (Å²) in [6, 6.07) is 12.4. The van der Waals surface area contributed by atoms with Gasteiger partial charge in [-0.25, -0.2) is 9.78 Å². The van der Waals surface area contributed by atoms with Crippen molar-refractivity contribution in [2.75, 3.05) is 5.75 Å². The van der Waals surface area contributed by atoms with E-state index in [-0.39, 0.29) is 11.4 Å². The molecule has 0 aliphatic rings. The molecule has 0 bridgehead atoms. The Morgan fingerprint density at radius 3 is 2.96 bits per heavy atom. The van der Waals surface area contributed by atoms with Crippen LogP contribution in [0.4, 0.5) is 5.69 Å². The van der Waals surface area contributed by atoms with Crippen LogP contribution < -0.4 is 5.69 Å². The van der Waals surface area contributed by atoms with Crippen molar-refractivity contribution in [3.8, 4) is 0 Å². The van der Waals surface area contributed by atoms with Gasteiger partial charge in [-0.3, -0.25) is 14.7 Å². The minimum Gasteiger partial charge on any atom is -0.306 e. The number of imidazole rings is 1. The van der Waals surface area contributed by atoms with Gasteiger partial charge in [0, 0.05) is 24.4 Å². The number of nitrogens with one attached hydrogen (secondary N) is 1. The molecule has 0 fully saturated rings. The lowest BCUT2D eigenvalue weighted by Gasteiger charge is -2.02. The van der Waals surface area contributed by atoms with Gasteiger partial charge < -0.3 is 4.98 Å². The van der Waals surface area contributed by atoms with E-state index in [1.165, 1.54) is 23.5 Å². The number of H-pyrrole nitrogens is 1. The molecule has 0 spiro atoms. The maximum atomic E-state index is 12.0. The fourth-order valence-electron chi connectivity index (χ4n) is 2.78. The van der Waals surface area contributed by atoms with Crippen LogP contribution in [0.5, 0.6) is 0 Å². The Hall–Kier alpha value is -2.65. The first kappa shape index (κ1) is 16.8. The molecule has 2 aromatic carbocycles. The number of nitro groups is 1. The minimum absolute atomic E-state index is 0.0538. The third-order valence-electron chi connectivity index (χ3n) is 4.00. The molecule has 0 atom stereocenters. The average molecular weight is 386 g/mol. The maximum Gasteiger partial charge on any atom is 0.326 e. The van der Waals surface area contributed by atoms with Gasteiger partial charge in [0.2, 0.25) is 0 Å². The number of benzene rings is 2. The normalized spacial score (nSPS) is 11.4. The van der Waals surface area contributed by atoms with Crippen LogP contribution in [-0.2, 0) is 6.54 Å². The number of rotatable bonds is 6. The molecule has 2 heterocycles. The Kier molecular flexibility index (Phi) is 4.48. The van der Waals surface area contributed by atoms with Crippen molar-refractivity contribution >= 4 is 50.0 Å². The number of aromatic amines is 1. The second-order valence-corrected chi connectivity index (χ2v) is 8.06. The zero-order valence-corrected chi connectivity index (χ0v) is 15.2. The molecule has 0 saturated heterocycles. The van der Waals surface area contributed by atoms with Crippen molar-refractivity contribution in [2.45, 2.75) is 17.3 Å². The summed E-state index contributed by atoms with van der Waals surface area (Å²) in [5, 5.41) is 10.8. The highest BCUT2D eigenvalue weighted by Crippen LogP contribution is 2.31. The highest BCUT2D eigenvalue weighted by molar-refractivity contribution is 8.01. The van der Waals surface area contributed by atoms with Gasteiger partial charge in [-0.05, 0) is 24.6 Å². The van der Waals surface area contributed by atoms with Gasteiger partial charge in [0.15, 0.2) is 4.34 Å². The Labute approximate surface area is 155 Å². The fraction of sp³-hybridized carbons (Fsp3) is 0.176. The van der Waals surface area contributed by atoms with Gasteiger partial charge in [-0.15, -0.1) is 11.3 Å². The van der Waals surface area contributed by atoms with Crippen LogP contribution in [0.1, 0.15) is 6.42 Å². The molecule has 4 rings (SSSR count). The lowest BCUT2D eigenvalue weighted by atomic mass is 10.3. The predicted octanol–water partition coefficient (Wildman–Crippen LogP) is 4.03. The number of nitrogens with zero attached hydrogens (tertiary/aromatic N) is 3. The first-order chi connectivity index (χ1) is 12.6. The molecule has 26 heavy (non-hydrogen) atoms. The van der Waals surface area contributed by atoms with Crippen LogP contribution in [0.25, 0.3) is 21.3 Å². The van der Waals surface area contributed by atoms with Crippen molar-refractivity contribution < 1.29 is 4.92 Å². The lowest BCUT2D eigenvalue weighted by Crippen LogP contribution is -2.17. The molecule has 0 radical (unpaired) electrons. The fourth-order valence-corrected chi connectivity index (χ4v) is 4.82. The van der Waals surface area contributed by atoms with Crippen molar-refractivity contribution in [1.82, 2.24) is 14.5 Å². The number of hydrogen-bond acceptors (Lipinski definition) is 6. The zero-order chi connectivity index (χ0) is 18.1. The van der Waals surface area contributed by atoms with Gasteiger partial charge in [0.05, 0.1) is 26.2 Å². The summed E-state index contributed by atoms with van der Waals surface area (Å²) in [4.78, 5) is 29.8. The monoisotopic (exact) mass is 386 g/mol. The van der Waals surface area contributed by atoms with Crippen molar-refractivity contribution in [1.29, 1.82) is 0 Å². The Morgan fingerprint density at radius 2 is 2.12 bits per heavy atom. The first-order valence-electron chi connectivity index (χ1n) is 7.97. The molecule has 0 aliphatic heterocycles. The van der Waals surface area contributed by atoms with Gasteiger partial charge in [-0.1, -0.05) is 23.9 Å². The van der Waals surface area contributed by atoms with Gasteiger partial charge >= 0.3 is 5.69 Å². The molecule has 0 aliphatic carbocycles. The predicted molar refractivity (Wildman–Crippen MR) is 104 cm³/mol. The summed E-state index contributed by atoms with van der Waals surface area (Å²) in [6.45, 7) is 0.631. The summed E-state index contributed by atoms with van der Waals surface area (Å²) in [5.74, 6) is 0.813. The third-order valence-corrected chi connectivity index (χ3v) is 6.26. The number of fused-ring (bicyclic) bond motifs is 2. The van der Waals surface area contributed by atoms with Crippen LogP contribution in [0.15, 0.2) is 51.6 Å². The molecule has 0 amide bonds. The Morgan fingerprint density at radius 1 is 1.27 bits per heavy atom. The summed E-state index contributed by atoms with van der Waals surface area (Å²) in [7, 11) is 0. The molecule has 1 N–H and O–H groups in total. The Balaban J connectivity index is 1.41. The second-order valence-electron chi connectivity index (χ2n) is 5.69. The molecular formula is C17H14N4O3S2.